The van der Waals surface area contributed by atoms with Gasteiger partial charge in [-0.2, -0.15) is 0 Å². The molecule has 1 aromatic rings. The van der Waals surface area contributed by atoms with Crippen molar-refractivity contribution in [2.45, 2.75) is 45.3 Å². The van der Waals surface area contributed by atoms with E-state index in [-0.39, 0.29) is 0 Å². The summed E-state index contributed by atoms with van der Waals surface area (Å²) in [6.45, 7) is 5.10. The van der Waals surface area contributed by atoms with Gasteiger partial charge in [0.25, 0.3) is 0 Å². The molecule has 0 saturated carbocycles. The van der Waals surface area contributed by atoms with Gasteiger partial charge in [0.05, 0.1) is 20.3 Å². The molecule has 1 fully saturated rings. The van der Waals surface area contributed by atoms with Crippen molar-refractivity contribution >= 4 is 5.69 Å². The molecule has 4 heteroatoms. The highest BCUT2D eigenvalue weighted by Crippen LogP contribution is 2.34. The quantitative estimate of drug-likeness (QED) is 0.897. The van der Waals surface area contributed by atoms with Gasteiger partial charge >= 0.3 is 0 Å². The fourth-order valence-corrected chi connectivity index (χ4v) is 2.65. The van der Waals surface area contributed by atoms with E-state index in [0.29, 0.717) is 12.1 Å². The van der Waals surface area contributed by atoms with Crippen molar-refractivity contribution in [3.63, 3.8) is 0 Å². The standard InChI is InChI=1S/C16H25NO3/c1-5-13-9-12(6-7-20-13)17-14-10-16(19-4)15(18-3)8-11(14)2/h8,10,12-13,17H,5-7,9H2,1-4H3. The van der Waals surface area contributed by atoms with Gasteiger partial charge in [0, 0.05) is 24.4 Å². The Kier molecular flexibility index (Phi) is 5.12. The zero-order valence-corrected chi connectivity index (χ0v) is 12.9. The number of aryl methyl sites for hydroxylation is 1. The number of ether oxygens (including phenoxy) is 3. The van der Waals surface area contributed by atoms with Crippen molar-refractivity contribution in [2.75, 3.05) is 26.1 Å². The lowest BCUT2D eigenvalue weighted by atomic mass is 10.0. The fraction of sp³-hybridized carbons (Fsp3) is 0.625. The molecule has 0 aromatic heterocycles. The molecule has 1 saturated heterocycles. The summed E-state index contributed by atoms with van der Waals surface area (Å²) in [5.74, 6) is 1.54. The monoisotopic (exact) mass is 279 g/mol. The lowest BCUT2D eigenvalue weighted by Gasteiger charge is -2.30. The van der Waals surface area contributed by atoms with Crippen molar-refractivity contribution in [1.82, 2.24) is 0 Å². The van der Waals surface area contributed by atoms with E-state index < -0.39 is 0 Å². The van der Waals surface area contributed by atoms with Crippen molar-refractivity contribution in [2.24, 2.45) is 0 Å². The Morgan fingerprint density at radius 3 is 2.60 bits per heavy atom. The Morgan fingerprint density at radius 1 is 1.25 bits per heavy atom. The highest BCUT2D eigenvalue weighted by Gasteiger charge is 2.22. The van der Waals surface area contributed by atoms with E-state index in [1.807, 2.05) is 12.1 Å². The molecule has 4 nitrogen and oxygen atoms in total. The third-order valence-electron chi connectivity index (χ3n) is 3.91. The Labute approximate surface area is 121 Å². The first-order valence-electron chi connectivity index (χ1n) is 7.28. The second-order valence-electron chi connectivity index (χ2n) is 5.29. The van der Waals surface area contributed by atoms with Crippen LogP contribution >= 0.6 is 0 Å². The lowest BCUT2D eigenvalue weighted by molar-refractivity contribution is 0.00924. The van der Waals surface area contributed by atoms with Gasteiger partial charge in [0.15, 0.2) is 11.5 Å². The van der Waals surface area contributed by atoms with Gasteiger partial charge in [-0.1, -0.05) is 6.92 Å². The first-order valence-corrected chi connectivity index (χ1v) is 7.28. The normalized spacial score (nSPS) is 22.4. The molecule has 20 heavy (non-hydrogen) atoms. The van der Waals surface area contributed by atoms with Crippen LogP contribution in [0.1, 0.15) is 31.7 Å². The molecule has 2 atom stereocenters. The van der Waals surface area contributed by atoms with Crippen molar-refractivity contribution in [3.8, 4) is 11.5 Å². The lowest BCUT2D eigenvalue weighted by Crippen LogP contribution is -2.33. The van der Waals surface area contributed by atoms with E-state index in [1.54, 1.807) is 14.2 Å². The number of anilines is 1. The molecule has 1 aliphatic rings. The summed E-state index contributed by atoms with van der Waals surface area (Å²) in [7, 11) is 3.33. The SMILES string of the molecule is CCC1CC(Nc2cc(OC)c(OC)cc2C)CCO1. The van der Waals surface area contributed by atoms with Gasteiger partial charge in [-0.05, 0) is 37.8 Å². The molecule has 0 bridgehead atoms. The van der Waals surface area contributed by atoms with Crippen LogP contribution in [0.5, 0.6) is 11.5 Å². The molecule has 2 rings (SSSR count). The number of hydrogen-bond acceptors (Lipinski definition) is 4. The molecule has 1 N–H and O–H groups in total. The minimum Gasteiger partial charge on any atom is -0.493 e. The number of rotatable bonds is 5. The van der Waals surface area contributed by atoms with E-state index in [4.69, 9.17) is 14.2 Å². The number of methoxy groups -OCH3 is 2. The molecule has 0 aliphatic carbocycles. The van der Waals surface area contributed by atoms with Crippen LogP contribution in [0.3, 0.4) is 0 Å². The summed E-state index contributed by atoms with van der Waals surface area (Å²) < 4.78 is 16.4. The smallest absolute Gasteiger partial charge is 0.162 e. The van der Waals surface area contributed by atoms with Crippen LogP contribution in [-0.2, 0) is 4.74 Å². The number of hydrogen-bond donors (Lipinski definition) is 1. The zero-order chi connectivity index (χ0) is 14.5. The Hall–Kier alpha value is -1.42. The third kappa shape index (κ3) is 3.37. The van der Waals surface area contributed by atoms with E-state index in [9.17, 15) is 0 Å². The Balaban J connectivity index is 2.12. The Morgan fingerprint density at radius 2 is 1.95 bits per heavy atom. The molecule has 2 unspecified atom stereocenters. The maximum Gasteiger partial charge on any atom is 0.162 e. The molecule has 0 radical (unpaired) electrons. The molecular weight excluding hydrogens is 254 g/mol. The average Bonchev–Trinajstić information content (AvgIpc) is 2.49. The minimum absolute atomic E-state index is 0.377. The molecule has 0 spiro atoms. The van der Waals surface area contributed by atoms with Crippen LogP contribution in [0, 0.1) is 6.92 Å². The minimum atomic E-state index is 0.377. The van der Waals surface area contributed by atoms with E-state index in [2.05, 4.69) is 19.2 Å². The largest absolute Gasteiger partial charge is 0.493 e. The second-order valence-corrected chi connectivity index (χ2v) is 5.29. The first kappa shape index (κ1) is 15.0. The number of nitrogens with one attached hydrogen (secondary N) is 1. The molecule has 1 aliphatic heterocycles. The van der Waals surface area contributed by atoms with Gasteiger partial charge < -0.3 is 19.5 Å². The highest BCUT2D eigenvalue weighted by atomic mass is 16.5. The van der Waals surface area contributed by atoms with Gasteiger partial charge in [-0.25, -0.2) is 0 Å². The maximum absolute atomic E-state index is 5.72. The average molecular weight is 279 g/mol. The van der Waals surface area contributed by atoms with E-state index in [0.717, 1.165) is 43.1 Å². The third-order valence-corrected chi connectivity index (χ3v) is 3.91. The summed E-state index contributed by atoms with van der Waals surface area (Å²) in [5, 5.41) is 3.62. The maximum atomic E-state index is 5.72. The number of benzene rings is 1. The topological polar surface area (TPSA) is 39.7 Å². The van der Waals surface area contributed by atoms with Crippen LogP contribution < -0.4 is 14.8 Å². The second kappa shape index (κ2) is 6.84. The summed E-state index contributed by atoms with van der Waals surface area (Å²) in [6, 6.07) is 4.49. The van der Waals surface area contributed by atoms with Crippen molar-refractivity contribution in [3.05, 3.63) is 17.7 Å². The summed E-state index contributed by atoms with van der Waals surface area (Å²) >= 11 is 0. The molecule has 1 heterocycles. The first-order chi connectivity index (χ1) is 9.67. The van der Waals surface area contributed by atoms with Gasteiger partial charge in [0.1, 0.15) is 0 Å². The molecule has 1 aromatic carbocycles. The predicted octanol–water partition coefficient (Wildman–Crippen LogP) is 3.38. The van der Waals surface area contributed by atoms with Gasteiger partial charge in [-0.3, -0.25) is 0 Å². The van der Waals surface area contributed by atoms with Gasteiger partial charge in [-0.15, -0.1) is 0 Å². The van der Waals surface area contributed by atoms with E-state index >= 15 is 0 Å². The molecular formula is C16H25NO3. The van der Waals surface area contributed by atoms with Crippen LogP contribution in [-0.4, -0.2) is 33.0 Å². The zero-order valence-electron chi connectivity index (χ0n) is 12.9. The summed E-state index contributed by atoms with van der Waals surface area (Å²) in [4.78, 5) is 0. The van der Waals surface area contributed by atoms with Crippen LogP contribution in [0.4, 0.5) is 5.69 Å². The van der Waals surface area contributed by atoms with Crippen LogP contribution in [0.2, 0.25) is 0 Å². The summed E-state index contributed by atoms with van der Waals surface area (Å²) in [5.41, 5.74) is 2.28. The van der Waals surface area contributed by atoms with Crippen molar-refractivity contribution in [1.29, 1.82) is 0 Å². The summed E-state index contributed by atoms with van der Waals surface area (Å²) in [6.07, 6.45) is 3.55. The van der Waals surface area contributed by atoms with Crippen LogP contribution in [0.25, 0.3) is 0 Å². The van der Waals surface area contributed by atoms with Crippen LogP contribution in [0.15, 0.2) is 12.1 Å². The highest BCUT2D eigenvalue weighted by molar-refractivity contribution is 5.60. The van der Waals surface area contributed by atoms with Crippen molar-refractivity contribution < 1.29 is 14.2 Å². The van der Waals surface area contributed by atoms with E-state index in [1.165, 1.54) is 5.56 Å². The Bertz CT molecular complexity index is 448. The molecule has 112 valence electrons. The fourth-order valence-electron chi connectivity index (χ4n) is 2.65. The van der Waals surface area contributed by atoms with Gasteiger partial charge in [0.2, 0.25) is 0 Å². The predicted molar refractivity (Wildman–Crippen MR) is 81.0 cm³/mol. The molecule has 0 amide bonds.